The second-order valence-corrected chi connectivity index (χ2v) is 5.44. The van der Waals surface area contributed by atoms with Gasteiger partial charge in [-0.2, -0.15) is 0 Å². The number of carbonyl (C=O) groups is 2. The predicted octanol–water partition coefficient (Wildman–Crippen LogP) is 3.45. The number of esters is 1. The fourth-order valence-electron chi connectivity index (χ4n) is 1.84. The molecule has 0 fully saturated rings. The second-order valence-electron chi connectivity index (χ2n) is 5.44. The Bertz CT molecular complexity index is 511. The Balaban J connectivity index is 2.46. The standard InChI is InChI=1S/C18H25NO4/c1-4-5-9-12-22-17(20)16(14(2)3)19-18(21)23-13-15-10-7-6-8-11-15/h5-11,14,16H,4,12-13H2,1-3H3,(H,19,21)/t16-/m0/s1. The summed E-state index contributed by atoms with van der Waals surface area (Å²) in [5.41, 5.74) is 0.885. The van der Waals surface area contributed by atoms with Gasteiger partial charge < -0.3 is 14.8 Å². The van der Waals surface area contributed by atoms with Gasteiger partial charge in [0.25, 0.3) is 0 Å². The highest BCUT2D eigenvalue weighted by molar-refractivity contribution is 5.81. The van der Waals surface area contributed by atoms with Crippen molar-refractivity contribution in [3.05, 3.63) is 48.0 Å². The average molecular weight is 319 g/mol. The van der Waals surface area contributed by atoms with Crippen LogP contribution in [0.15, 0.2) is 42.5 Å². The van der Waals surface area contributed by atoms with E-state index in [0.29, 0.717) is 0 Å². The van der Waals surface area contributed by atoms with Crippen molar-refractivity contribution in [2.75, 3.05) is 6.61 Å². The van der Waals surface area contributed by atoms with Crippen LogP contribution in [0.4, 0.5) is 4.79 Å². The number of ether oxygens (including phenoxy) is 2. The van der Waals surface area contributed by atoms with E-state index < -0.39 is 18.1 Å². The lowest BCUT2D eigenvalue weighted by molar-refractivity contribution is -0.146. The zero-order valence-corrected chi connectivity index (χ0v) is 14.0. The van der Waals surface area contributed by atoms with Gasteiger partial charge in [0, 0.05) is 0 Å². The van der Waals surface area contributed by atoms with Crippen molar-refractivity contribution in [2.24, 2.45) is 5.92 Å². The van der Waals surface area contributed by atoms with Gasteiger partial charge in [0.15, 0.2) is 0 Å². The molecule has 0 aliphatic carbocycles. The monoisotopic (exact) mass is 319 g/mol. The molecule has 0 aliphatic rings. The van der Waals surface area contributed by atoms with Crippen LogP contribution in [0, 0.1) is 5.92 Å². The number of carbonyl (C=O) groups excluding carboxylic acids is 2. The molecule has 23 heavy (non-hydrogen) atoms. The van der Waals surface area contributed by atoms with Gasteiger partial charge in [-0.05, 0) is 17.9 Å². The first-order chi connectivity index (χ1) is 11.0. The number of alkyl carbamates (subject to hydrolysis) is 1. The lowest BCUT2D eigenvalue weighted by atomic mass is 10.1. The highest BCUT2D eigenvalue weighted by Gasteiger charge is 2.26. The van der Waals surface area contributed by atoms with Crippen LogP contribution in [0.3, 0.4) is 0 Å². The van der Waals surface area contributed by atoms with Gasteiger partial charge in [-0.25, -0.2) is 9.59 Å². The van der Waals surface area contributed by atoms with Crippen molar-refractivity contribution >= 4 is 12.1 Å². The van der Waals surface area contributed by atoms with Crippen LogP contribution in [0.5, 0.6) is 0 Å². The highest BCUT2D eigenvalue weighted by atomic mass is 16.6. The highest BCUT2D eigenvalue weighted by Crippen LogP contribution is 2.06. The van der Waals surface area contributed by atoms with Gasteiger partial charge in [-0.1, -0.05) is 63.3 Å². The molecule has 0 spiro atoms. The molecule has 0 saturated heterocycles. The molecule has 0 heterocycles. The molecule has 0 aromatic heterocycles. The van der Waals surface area contributed by atoms with Gasteiger partial charge >= 0.3 is 12.1 Å². The van der Waals surface area contributed by atoms with E-state index in [2.05, 4.69) is 5.32 Å². The normalized spacial score (nSPS) is 12.2. The lowest BCUT2D eigenvalue weighted by Crippen LogP contribution is -2.45. The van der Waals surface area contributed by atoms with Gasteiger partial charge in [0.1, 0.15) is 19.3 Å². The predicted molar refractivity (Wildman–Crippen MR) is 88.8 cm³/mol. The minimum Gasteiger partial charge on any atom is -0.460 e. The minimum atomic E-state index is -0.728. The Hall–Kier alpha value is -2.30. The molecule has 1 amide bonds. The fourth-order valence-corrected chi connectivity index (χ4v) is 1.84. The summed E-state index contributed by atoms with van der Waals surface area (Å²) in [5.74, 6) is -0.556. The SMILES string of the molecule is CCC=CCOC(=O)[C@@H](NC(=O)OCc1ccccc1)C(C)C. The van der Waals surface area contributed by atoms with Crippen LogP contribution in [-0.4, -0.2) is 24.7 Å². The van der Waals surface area contributed by atoms with Crippen LogP contribution in [-0.2, 0) is 20.9 Å². The van der Waals surface area contributed by atoms with Crippen molar-refractivity contribution < 1.29 is 19.1 Å². The molecule has 1 atom stereocenters. The molecule has 126 valence electrons. The molecule has 0 unspecified atom stereocenters. The minimum absolute atomic E-state index is 0.0954. The number of hydrogen-bond donors (Lipinski definition) is 1. The van der Waals surface area contributed by atoms with Gasteiger partial charge in [-0.3, -0.25) is 0 Å². The number of nitrogens with one attached hydrogen (secondary N) is 1. The molecular weight excluding hydrogens is 294 g/mol. The van der Waals surface area contributed by atoms with E-state index in [9.17, 15) is 9.59 Å². The third-order valence-electron chi connectivity index (χ3n) is 3.13. The Morgan fingerprint density at radius 2 is 1.83 bits per heavy atom. The fraction of sp³-hybridized carbons (Fsp3) is 0.444. The zero-order valence-electron chi connectivity index (χ0n) is 14.0. The number of rotatable bonds is 8. The zero-order chi connectivity index (χ0) is 17.1. The van der Waals surface area contributed by atoms with Gasteiger partial charge in [0.2, 0.25) is 0 Å². The van der Waals surface area contributed by atoms with Crippen LogP contribution < -0.4 is 5.32 Å². The van der Waals surface area contributed by atoms with Crippen molar-refractivity contribution in [3.8, 4) is 0 Å². The van der Waals surface area contributed by atoms with E-state index in [4.69, 9.17) is 9.47 Å². The second kappa shape index (κ2) is 10.4. The summed E-state index contributed by atoms with van der Waals surface area (Å²) in [6.07, 6.45) is 3.95. The first-order valence-corrected chi connectivity index (χ1v) is 7.83. The molecule has 5 heteroatoms. The van der Waals surface area contributed by atoms with E-state index >= 15 is 0 Å². The number of allylic oxidation sites excluding steroid dienone is 1. The molecule has 0 radical (unpaired) electrons. The average Bonchev–Trinajstić information content (AvgIpc) is 2.55. The quantitative estimate of drug-likeness (QED) is 0.589. The number of hydrogen-bond acceptors (Lipinski definition) is 4. The summed E-state index contributed by atoms with van der Waals surface area (Å²) in [5, 5.41) is 2.57. The third-order valence-corrected chi connectivity index (χ3v) is 3.13. The number of amides is 1. The largest absolute Gasteiger partial charge is 0.460 e. The first-order valence-electron chi connectivity index (χ1n) is 7.83. The number of benzene rings is 1. The van der Waals surface area contributed by atoms with Crippen LogP contribution in [0.25, 0.3) is 0 Å². The molecule has 0 aliphatic heterocycles. The van der Waals surface area contributed by atoms with Crippen LogP contribution in [0.1, 0.15) is 32.8 Å². The maximum atomic E-state index is 12.0. The summed E-state index contributed by atoms with van der Waals surface area (Å²) in [6, 6.07) is 8.63. The molecule has 1 aromatic carbocycles. The van der Waals surface area contributed by atoms with Gasteiger partial charge in [0.05, 0.1) is 0 Å². The van der Waals surface area contributed by atoms with Crippen molar-refractivity contribution in [2.45, 2.75) is 39.8 Å². The van der Waals surface area contributed by atoms with E-state index in [1.54, 1.807) is 6.08 Å². The van der Waals surface area contributed by atoms with Crippen LogP contribution >= 0.6 is 0 Å². The van der Waals surface area contributed by atoms with Crippen LogP contribution in [0.2, 0.25) is 0 Å². The van der Waals surface area contributed by atoms with E-state index in [-0.39, 0.29) is 19.1 Å². The van der Waals surface area contributed by atoms with Gasteiger partial charge in [-0.15, -0.1) is 0 Å². The Kier molecular flexibility index (Phi) is 8.50. The molecule has 0 bridgehead atoms. The maximum absolute atomic E-state index is 12.0. The summed E-state index contributed by atoms with van der Waals surface area (Å²) in [4.78, 5) is 23.9. The van der Waals surface area contributed by atoms with E-state index in [1.165, 1.54) is 0 Å². The summed E-state index contributed by atoms with van der Waals surface area (Å²) < 4.78 is 10.3. The Labute approximate surface area is 137 Å². The summed E-state index contributed by atoms with van der Waals surface area (Å²) in [6.45, 7) is 6.04. The van der Waals surface area contributed by atoms with Crippen molar-refractivity contribution in [1.29, 1.82) is 0 Å². The van der Waals surface area contributed by atoms with Crippen molar-refractivity contribution in [1.82, 2.24) is 5.32 Å². The summed E-state index contributed by atoms with van der Waals surface area (Å²) >= 11 is 0. The molecule has 1 aromatic rings. The molecule has 1 N–H and O–H groups in total. The lowest BCUT2D eigenvalue weighted by Gasteiger charge is -2.20. The molecule has 1 rings (SSSR count). The molecule has 0 saturated carbocycles. The summed E-state index contributed by atoms with van der Waals surface area (Å²) in [7, 11) is 0. The van der Waals surface area contributed by atoms with E-state index in [1.807, 2.05) is 57.2 Å². The van der Waals surface area contributed by atoms with E-state index in [0.717, 1.165) is 12.0 Å². The third kappa shape index (κ3) is 7.49. The Morgan fingerprint density at radius 1 is 1.13 bits per heavy atom. The topological polar surface area (TPSA) is 64.6 Å². The van der Waals surface area contributed by atoms with Crippen molar-refractivity contribution in [3.63, 3.8) is 0 Å². The Morgan fingerprint density at radius 3 is 2.43 bits per heavy atom. The molecular formula is C18H25NO4. The smallest absolute Gasteiger partial charge is 0.408 e. The maximum Gasteiger partial charge on any atom is 0.408 e. The molecule has 5 nitrogen and oxygen atoms in total. The first kappa shape index (κ1) is 18.7.